The van der Waals surface area contributed by atoms with Crippen molar-refractivity contribution in [2.75, 3.05) is 28.3 Å². The normalized spacial score (nSPS) is 21.8. The first-order valence-electron chi connectivity index (χ1n) is 9.93. The number of rotatable bonds is 2. The molecule has 3 unspecified atom stereocenters. The summed E-state index contributed by atoms with van der Waals surface area (Å²) in [5.74, 6) is -0.130. The molecule has 0 heterocycles. The number of hydrogen-bond donors (Lipinski definition) is 3. The van der Waals surface area contributed by atoms with Gasteiger partial charge in [0.2, 0.25) is 0 Å². The molecule has 3 atom stereocenters. The molecule has 0 aromatic heterocycles. The molecule has 2 aliphatic rings. The lowest BCUT2D eigenvalue weighted by Crippen LogP contribution is -2.30. The molecule has 2 aliphatic carbocycles. The van der Waals surface area contributed by atoms with Gasteiger partial charge in [-0.15, -0.1) is 0 Å². The quantitative estimate of drug-likeness (QED) is 0.648. The number of ketones is 1. The smallest absolute Gasteiger partial charge is 0.197 e. The van der Waals surface area contributed by atoms with Gasteiger partial charge < -0.3 is 25.0 Å². The van der Waals surface area contributed by atoms with Crippen LogP contribution < -0.4 is 5.32 Å². The van der Waals surface area contributed by atoms with Crippen molar-refractivity contribution in [2.24, 2.45) is 5.92 Å². The molecule has 1 aromatic rings. The fourth-order valence-electron chi connectivity index (χ4n) is 3.47. The summed E-state index contributed by atoms with van der Waals surface area (Å²) in [5, 5.41) is 22.8. The maximum Gasteiger partial charge on any atom is 0.197 e. The highest BCUT2D eigenvalue weighted by Crippen LogP contribution is 2.52. The lowest BCUT2D eigenvalue weighted by molar-refractivity contribution is -0.120. The summed E-state index contributed by atoms with van der Waals surface area (Å²) in [4.78, 5) is 12.1. The van der Waals surface area contributed by atoms with E-state index in [1.54, 1.807) is 13.2 Å². The fourth-order valence-corrected chi connectivity index (χ4v) is 3.47. The average Bonchev–Trinajstić information content (AvgIpc) is 2.73. The Morgan fingerprint density at radius 2 is 1.64 bits per heavy atom. The van der Waals surface area contributed by atoms with Crippen LogP contribution in [0.5, 0.6) is 11.5 Å². The van der Waals surface area contributed by atoms with E-state index < -0.39 is 0 Å². The van der Waals surface area contributed by atoms with Crippen LogP contribution in [0.1, 0.15) is 63.7 Å². The Kier molecular flexibility index (Phi) is 12.2. The molecule has 6 nitrogen and oxygen atoms in total. The first-order chi connectivity index (χ1) is 13.5. The van der Waals surface area contributed by atoms with Crippen molar-refractivity contribution in [1.29, 1.82) is 0 Å². The zero-order chi connectivity index (χ0) is 21.9. The van der Waals surface area contributed by atoms with E-state index in [0.29, 0.717) is 11.3 Å². The number of phenolic OH excluding ortho intramolecular Hbond substituents is 2. The van der Waals surface area contributed by atoms with E-state index in [0.717, 1.165) is 12.0 Å². The summed E-state index contributed by atoms with van der Waals surface area (Å²) in [6, 6.07) is 3.22. The van der Waals surface area contributed by atoms with Crippen molar-refractivity contribution in [3.63, 3.8) is 0 Å². The van der Waals surface area contributed by atoms with Gasteiger partial charge in [0.1, 0.15) is 0 Å². The third-order valence-corrected chi connectivity index (χ3v) is 4.50. The predicted octanol–water partition coefficient (Wildman–Crippen LogP) is 4.28. The number of benzene rings is 1. The highest BCUT2D eigenvalue weighted by atomic mass is 16.5. The number of aromatic hydroxyl groups is 2. The van der Waals surface area contributed by atoms with Gasteiger partial charge in [0.05, 0.1) is 13.2 Å². The Labute approximate surface area is 169 Å². The average molecular weight is 396 g/mol. The molecule has 0 bridgehead atoms. The number of nitrogens with one attached hydrogen (secondary N) is 1. The molecule has 28 heavy (non-hydrogen) atoms. The maximum atomic E-state index is 12.1. The van der Waals surface area contributed by atoms with Gasteiger partial charge in [0, 0.05) is 25.0 Å². The Bertz CT molecular complexity index is 642. The monoisotopic (exact) mass is 395 g/mol. The SMILES string of the molecule is CC.CC.CNC.COC1=CC2CC(OC)c3ccc(O)c(O)c3C2CC1=O. The summed E-state index contributed by atoms with van der Waals surface area (Å²) < 4.78 is 10.6. The van der Waals surface area contributed by atoms with Gasteiger partial charge in [-0.2, -0.15) is 0 Å². The lowest BCUT2D eigenvalue weighted by Gasteiger charge is -2.38. The molecule has 1 aromatic carbocycles. The molecule has 0 spiro atoms. The van der Waals surface area contributed by atoms with Crippen molar-refractivity contribution in [3.8, 4) is 11.5 Å². The van der Waals surface area contributed by atoms with Crippen molar-refractivity contribution in [2.45, 2.75) is 52.6 Å². The number of carbonyl (C=O) groups excluding carboxylic acids is 1. The van der Waals surface area contributed by atoms with E-state index in [2.05, 4.69) is 5.32 Å². The van der Waals surface area contributed by atoms with Crippen LogP contribution in [0.2, 0.25) is 0 Å². The molecule has 0 saturated carbocycles. The van der Waals surface area contributed by atoms with Crippen LogP contribution in [0.3, 0.4) is 0 Å². The number of Topliss-reactive ketones (excluding diaryl/α,β-unsaturated/α-hetero) is 1. The number of ether oxygens (including phenoxy) is 2. The topological polar surface area (TPSA) is 88.0 Å². The van der Waals surface area contributed by atoms with Gasteiger partial charge in [0.15, 0.2) is 23.0 Å². The Hall–Kier alpha value is -2.05. The van der Waals surface area contributed by atoms with Crippen molar-refractivity contribution >= 4 is 5.78 Å². The summed E-state index contributed by atoms with van der Waals surface area (Å²) in [5.41, 5.74) is 1.47. The number of fused-ring (bicyclic) bond motifs is 3. The highest BCUT2D eigenvalue weighted by molar-refractivity contribution is 5.95. The van der Waals surface area contributed by atoms with Crippen molar-refractivity contribution in [3.05, 3.63) is 35.1 Å². The third kappa shape index (κ3) is 5.72. The van der Waals surface area contributed by atoms with E-state index >= 15 is 0 Å². The summed E-state index contributed by atoms with van der Waals surface area (Å²) >= 11 is 0. The number of carbonyl (C=O) groups is 1. The fraction of sp³-hybridized carbons (Fsp3) is 0.591. The number of hydrogen-bond acceptors (Lipinski definition) is 6. The third-order valence-electron chi connectivity index (χ3n) is 4.50. The molecule has 160 valence electrons. The first kappa shape index (κ1) is 26.0. The summed E-state index contributed by atoms with van der Waals surface area (Å²) in [6.07, 6.45) is 2.63. The lowest BCUT2D eigenvalue weighted by atomic mass is 9.68. The predicted molar refractivity (Wildman–Crippen MR) is 113 cm³/mol. The molecule has 0 radical (unpaired) electrons. The summed E-state index contributed by atoms with van der Waals surface area (Å²) in [7, 11) is 6.85. The van der Waals surface area contributed by atoms with E-state index in [-0.39, 0.29) is 41.6 Å². The molecular weight excluding hydrogens is 358 g/mol. The zero-order valence-electron chi connectivity index (χ0n) is 18.5. The summed E-state index contributed by atoms with van der Waals surface area (Å²) in [6.45, 7) is 8.00. The van der Waals surface area contributed by atoms with Crippen molar-refractivity contribution in [1.82, 2.24) is 5.32 Å². The number of methoxy groups -OCH3 is 2. The van der Waals surface area contributed by atoms with Gasteiger partial charge in [-0.1, -0.05) is 33.8 Å². The molecule has 3 N–H and O–H groups in total. The van der Waals surface area contributed by atoms with Crippen LogP contribution in [-0.2, 0) is 14.3 Å². The van der Waals surface area contributed by atoms with E-state index in [1.807, 2.05) is 47.9 Å². The number of phenols is 2. The Morgan fingerprint density at radius 3 is 2.14 bits per heavy atom. The van der Waals surface area contributed by atoms with Crippen LogP contribution in [0.15, 0.2) is 24.0 Å². The van der Waals surface area contributed by atoms with Gasteiger partial charge >= 0.3 is 0 Å². The van der Waals surface area contributed by atoms with Crippen LogP contribution in [-0.4, -0.2) is 44.3 Å². The van der Waals surface area contributed by atoms with Gasteiger partial charge in [-0.3, -0.25) is 4.79 Å². The largest absolute Gasteiger partial charge is 0.504 e. The minimum Gasteiger partial charge on any atom is -0.504 e. The van der Waals surface area contributed by atoms with Crippen LogP contribution in [0, 0.1) is 5.92 Å². The van der Waals surface area contributed by atoms with Gasteiger partial charge in [-0.05, 0) is 44.1 Å². The second-order valence-electron chi connectivity index (χ2n) is 6.03. The standard InChI is InChI=1S/C16H18O5.C2H7N.2C2H6/c1-20-13-5-8-6-14(21-2)12(18)7-10(8)15-9(13)3-4-11(17)16(15)19;1-3-2;2*1-2/h3-4,6,8,10,13,17,19H,5,7H2,1-2H3;3H,1-2H3;2*1-2H3. The number of allylic oxidation sites excluding steroid dienone is 2. The maximum absolute atomic E-state index is 12.1. The molecular formula is C22H37NO5. The molecule has 3 rings (SSSR count). The molecule has 0 saturated heterocycles. The van der Waals surface area contributed by atoms with E-state index in [4.69, 9.17) is 9.47 Å². The molecule has 0 aliphatic heterocycles. The Morgan fingerprint density at radius 1 is 1.07 bits per heavy atom. The van der Waals surface area contributed by atoms with Crippen LogP contribution >= 0.6 is 0 Å². The molecule has 0 amide bonds. The minimum absolute atomic E-state index is 0.0443. The minimum atomic E-state index is -0.171. The van der Waals surface area contributed by atoms with Crippen LogP contribution in [0.25, 0.3) is 0 Å². The first-order valence-corrected chi connectivity index (χ1v) is 9.93. The van der Waals surface area contributed by atoms with Gasteiger partial charge in [0.25, 0.3) is 0 Å². The van der Waals surface area contributed by atoms with E-state index in [9.17, 15) is 15.0 Å². The van der Waals surface area contributed by atoms with Gasteiger partial charge in [-0.25, -0.2) is 0 Å². The Balaban J connectivity index is 0.000000930. The second kappa shape index (κ2) is 13.2. The highest BCUT2D eigenvalue weighted by Gasteiger charge is 2.41. The van der Waals surface area contributed by atoms with Crippen molar-refractivity contribution < 1.29 is 24.5 Å². The van der Waals surface area contributed by atoms with Crippen LogP contribution in [0.4, 0.5) is 0 Å². The zero-order valence-corrected chi connectivity index (χ0v) is 18.5. The van der Waals surface area contributed by atoms with E-state index in [1.165, 1.54) is 13.2 Å². The molecule has 0 fully saturated rings. The second-order valence-corrected chi connectivity index (χ2v) is 6.03. The molecule has 6 heteroatoms.